The predicted molar refractivity (Wildman–Crippen MR) is 116 cm³/mol. The third-order valence-electron chi connectivity index (χ3n) is 4.83. The molecule has 0 saturated carbocycles. The average molecular weight is 465 g/mol. The van der Waals surface area contributed by atoms with Crippen molar-refractivity contribution in [1.29, 1.82) is 0 Å². The molecule has 0 bridgehead atoms. The molecule has 164 valence electrons. The molecule has 1 aliphatic heterocycles. The summed E-state index contributed by atoms with van der Waals surface area (Å²) in [6.45, 7) is 0.969. The topological polar surface area (TPSA) is 224 Å². The van der Waals surface area contributed by atoms with Gasteiger partial charge >= 0.3 is 0 Å². The molecule has 1 aliphatic rings. The van der Waals surface area contributed by atoms with E-state index < -0.39 is 26.1 Å². The highest BCUT2D eigenvalue weighted by Gasteiger charge is 2.37. The first-order chi connectivity index (χ1) is 14.7. The van der Waals surface area contributed by atoms with Gasteiger partial charge < -0.3 is 25.8 Å². The van der Waals surface area contributed by atoms with E-state index in [0.717, 1.165) is 0 Å². The molecular formula is C17H20N8O4S2. The number of fused-ring (bicyclic) bond motifs is 1. The van der Waals surface area contributed by atoms with Gasteiger partial charge in [0.15, 0.2) is 16.3 Å². The average Bonchev–Trinajstić information content (AvgIpc) is 3.05. The van der Waals surface area contributed by atoms with E-state index in [1.54, 1.807) is 24.3 Å². The Kier molecular flexibility index (Phi) is 5.50. The van der Waals surface area contributed by atoms with E-state index in [1.807, 2.05) is 5.53 Å². The quantitative estimate of drug-likeness (QED) is 0.0847. The van der Waals surface area contributed by atoms with Crippen LogP contribution in [0.1, 0.15) is 5.56 Å². The molecule has 1 unspecified atom stereocenters. The van der Waals surface area contributed by atoms with Crippen LogP contribution in [0.5, 0.6) is 0 Å². The highest BCUT2D eigenvalue weighted by molar-refractivity contribution is 7.94. The molecule has 3 aromatic rings. The van der Waals surface area contributed by atoms with Crippen molar-refractivity contribution in [2.75, 3.05) is 18.8 Å². The lowest BCUT2D eigenvalue weighted by Gasteiger charge is -2.30. The minimum Gasteiger partial charge on any atom is -0.611 e. The summed E-state index contributed by atoms with van der Waals surface area (Å²) in [6.07, 6.45) is 0. The maximum Gasteiger partial charge on any atom is 0.293 e. The second kappa shape index (κ2) is 7.99. The van der Waals surface area contributed by atoms with Crippen molar-refractivity contribution in [2.45, 2.75) is 15.0 Å². The molecule has 0 amide bonds. The molecule has 31 heavy (non-hydrogen) atoms. The fourth-order valence-corrected chi connectivity index (χ4v) is 6.21. The molecule has 2 heterocycles. The molecule has 12 nitrogen and oxygen atoms in total. The maximum atomic E-state index is 13.1. The number of nitrogens with zero attached hydrogens (tertiary/aromatic N) is 2. The number of sulfonamides is 1. The zero-order valence-corrected chi connectivity index (χ0v) is 17.7. The lowest BCUT2D eigenvalue weighted by molar-refractivity contribution is 0.493. The number of hydrogen-bond donors (Lipinski definition) is 6. The monoisotopic (exact) mass is 464 g/mol. The van der Waals surface area contributed by atoms with Gasteiger partial charge in [0.1, 0.15) is 15.7 Å². The number of hydrogen-bond acceptors (Lipinski definition) is 10. The Morgan fingerprint density at radius 1 is 1.29 bits per heavy atom. The number of nitrogens with two attached hydrogens (primary N) is 4. The van der Waals surface area contributed by atoms with Crippen LogP contribution in [0.4, 0.5) is 6.01 Å². The summed E-state index contributed by atoms with van der Waals surface area (Å²) in [7, 11) is -4.38. The second-order valence-electron chi connectivity index (χ2n) is 6.77. The van der Waals surface area contributed by atoms with E-state index in [1.165, 1.54) is 6.07 Å². The van der Waals surface area contributed by atoms with Gasteiger partial charge in [0, 0.05) is 18.7 Å². The van der Waals surface area contributed by atoms with Crippen LogP contribution in [0.25, 0.3) is 22.2 Å². The lowest BCUT2D eigenvalue weighted by Crippen LogP contribution is -2.51. The summed E-state index contributed by atoms with van der Waals surface area (Å²) >= 11 is -1.66. The lowest BCUT2D eigenvalue weighted by atomic mass is 9.98. The van der Waals surface area contributed by atoms with Gasteiger partial charge in [-0.1, -0.05) is 12.1 Å². The number of nitrogen functional groups attached to an aromatic ring is 1. The van der Waals surface area contributed by atoms with Crippen molar-refractivity contribution in [3.63, 3.8) is 0 Å². The highest BCUT2D eigenvalue weighted by Crippen LogP contribution is 2.38. The fraction of sp³-hybridized carbons (Fsp3) is 0.176. The first-order valence-electron chi connectivity index (χ1n) is 8.98. The molecule has 1 fully saturated rings. The number of hydrazine groups is 1. The fourth-order valence-electron chi connectivity index (χ4n) is 3.38. The van der Waals surface area contributed by atoms with Crippen LogP contribution in [0.2, 0.25) is 0 Å². The number of hydrazone groups is 1. The summed E-state index contributed by atoms with van der Waals surface area (Å²) < 4.78 is 43.9. The van der Waals surface area contributed by atoms with Gasteiger partial charge in [0.2, 0.25) is 10.0 Å². The summed E-state index contributed by atoms with van der Waals surface area (Å²) in [5, 5.41) is 12.0. The Bertz CT molecular complexity index is 1290. The molecule has 14 heteroatoms. The van der Waals surface area contributed by atoms with Gasteiger partial charge in [0.25, 0.3) is 6.01 Å². The Morgan fingerprint density at radius 3 is 2.65 bits per heavy atom. The molecule has 2 aromatic carbocycles. The van der Waals surface area contributed by atoms with Crippen molar-refractivity contribution in [3.05, 3.63) is 35.9 Å². The van der Waals surface area contributed by atoms with Crippen molar-refractivity contribution in [2.24, 2.45) is 21.8 Å². The van der Waals surface area contributed by atoms with Crippen LogP contribution in [-0.4, -0.2) is 42.1 Å². The number of rotatable bonds is 6. The van der Waals surface area contributed by atoms with Crippen LogP contribution >= 0.6 is 0 Å². The molecular weight excluding hydrogens is 444 g/mol. The number of amidine groups is 1. The summed E-state index contributed by atoms with van der Waals surface area (Å²) in [6, 6.07) is 8.03. The Balaban J connectivity index is 2.07. The van der Waals surface area contributed by atoms with E-state index in [9.17, 15) is 13.0 Å². The Hall–Kier alpha value is -2.88. The largest absolute Gasteiger partial charge is 0.611 e. The van der Waals surface area contributed by atoms with Crippen LogP contribution < -0.4 is 33.3 Å². The zero-order chi connectivity index (χ0) is 22.3. The molecule has 1 aromatic heterocycles. The van der Waals surface area contributed by atoms with Gasteiger partial charge in [-0.2, -0.15) is 4.98 Å². The molecule has 1 saturated heterocycles. The van der Waals surface area contributed by atoms with Crippen LogP contribution in [0, 0.1) is 0 Å². The minimum absolute atomic E-state index is 0.0344. The van der Waals surface area contributed by atoms with Gasteiger partial charge in [-0.3, -0.25) is 0 Å². The van der Waals surface area contributed by atoms with Crippen molar-refractivity contribution in [1.82, 2.24) is 15.8 Å². The van der Waals surface area contributed by atoms with Crippen LogP contribution in [0.3, 0.4) is 0 Å². The van der Waals surface area contributed by atoms with Gasteiger partial charge in [-0.15, -0.1) is 5.10 Å². The standard InChI is InChI=1S/C17H20N8O4S2/c18-16(24-25-20)13-9(10-2-1-3-11-14(10)29-17(19)23-11)4-5-12(15(13)31(21,27)28)30(26)8-6-22-7-8/h1-5,8,22,25H,6-7,20H2,(H2,18,24)(H2,19,23)(H2,21,27,28). The predicted octanol–water partition coefficient (Wildman–Crippen LogP) is -1.11. The summed E-state index contributed by atoms with van der Waals surface area (Å²) in [5.41, 5.74) is 15.3. The molecule has 0 aliphatic carbocycles. The number of para-hydroxylation sites is 1. The molecule has 1 atom stereocenters. The van der Waals surface area contributed by atoms with E-state index in [-0.39, 0.29) is 27.6 Å². The first kappa shape index (κ1) is 21.4. The van der Waals surface area contributed by atoms with Crippen LogP contribution in [0.15, 0.2) is 49.6 Å². The maximum absolute atomic E-state index is 13.1. The Morgan fingerprint density at radius 2 is 2.03 bits per heavy atom. The van der Waals surface area contributed by atoms with E-state index in [2.05, 4.69) is 15.4 Å². The van der Waals surface area contributed by atoms with E-state index in [4.69, 9.17) is 26.9 Å². The smallest absolute Gasteiger partial charge is 0.293 e. The number of nitrogens with one attached hydrogen (secondary N) is 2. The summed E-state index contributed by atoms with van der Waals surface area (Å²) in [4.78, 5) is 3.73. The van der Waals surface area contributed by atoms with E-state index >= 15 is 0 Å². The number of primary sulfonamides is 1. The van der Waals surface area contributed by atoms with Gasteiger partial charge in [-0.05, 0) is 34.9 Å². The minimum atomic E-state index is -4.38. The number of oxazole rings is 1. The second-order valence-corrected chi connectivity index (χ2v) is 9.97. The Labute approximate surface area is 180 Å². The van der Waals surface area contributed by atoms with Crippen molar-refractivity contribution in [3.8, 4) is 11.1 Å². The summed E-state index contributed by atoms with van der Waals surface area (Å²) in [5.74, 6) is 5.01. The molecule has 10 N–H and O–H groups in total. The normalized spacial score (nSPS) is 16.3. The number of anilines is 1. The molecule has 4 rings (SSSR count). The van der Waals surface area contributed by atoms with Gasteiger partial charge in [0.05, 0.1) is 5.56 Å². The van der Waals surface area contributed by atoms with E-state index in [0.29, 0.717) is 35.3 Å². The number of aromatic nitrogens is 1. The molecule has 0 radical (unpaired) electrons. The third kappa shape index (κ3) is 3.80. The van der Waals surface area contributed by atoms with Crippen molar-refractivity contribution < 1.29 is 17.4 Å². The SMILES string of the molecule is NN/N=C(\N)c1c(-c2cccc3nc(N)oc23)ccc([S+]([O-])C2CNC2)c1S(N)(=O)=O. The van der Waals surface area contributed by atoms with Crippen LogP contribution in [-0.2, 0) is 21.2 Å². The zero-order valence-electron chi connectivity index (χ0n) is 16.0. The van der Waals surface area contributed by atoms with Crippen molar-refractivity contribution >= 4 is 44.1 Å². The first-order valence-corrected chi connectivity index (χ1v) is 11.7. The molecule has 0 spiro atoms. The van der Waals surface area contributed by atoms with Gasteiger partial charge in [-0.25, -0.2) is 24.9 Å². The third-order valence-corrected chi connectivity index (χ3v) is 7.67. The highest BCUT2D eigenvalue weighted by atomic mass is 32.2. The number of benzene rings is 2.